The van der Waals surface area contributed by atoms with Gasteiger partial charge in [-0.25, -0.2) is 4.98 Å². The molecule has 1 rings (SSSR count). The molecule has 0 radical (unpaired) electrons. The summed E-state index contributed by atoms with van der Waals surface area (Å²) in [5.41, 5.74) is 0. The number of nitrogens with zero attached hydrogens (tertiary/aromatic N) is 1. The van der Waals surface area contributed by atoms with Crippen LogP contribution in [0.1, 0.15) is 11.8 Å². The number of allylic oxidation sites excluding steroid dienone is 1. The van der Waals surface area contributed by atoms with Gasteiger partial charge in [-0.2, -0.15) is 0 Å². The minimum Gasteiger partial charge on any atom is -0.295 e. The van der Waals surface area contributed by atoms with Crippen LogP contribution in [-0.2, 0) is 4.79 Å². The predicted octanol–water partition coefficient (Wildman–Crippen LogP) is 3.05. The molecule has 0 fully saturated rings. The van der Waals surface area contributed by atoms with Crippen molar-refractivity contribution in [2.24, 2.45) is 0 Å². The first-order valence-electron chi connectivity index (χ1n) is 3.10. The average molecular weight is 222 g/mol. The van der Waals surface area contributed by atoms with Crippen molar-refractivity contribution in [3.8, 4) is 0 Å². The normalized spacial score (nSPS) is 10.9. The maximum Gasteiger partial charge on any atom is 0.185 e. The Labute approximate surface area is 83.8 Å². The van der Waals surface area contributed by atoms with Gasteiger partial charge in [0.05, 0.1) is 4.88 Å². The molecule has 0 saturated carbocycles. The first-order chi connectivity index (χ1) is 5.59. The summed E-state index contributed by atoms with van der Waals surface area (Å²) in [7, 11) is 0. The maximum atomic E-state index is 10.6. The molecule has 1 aromatic rings. The van der Waals surface area contributed by atoms with E-state index in [1.54, 1.807) is 6.08 Å². The summed E-state index contributed by atoms with van der Waals surface area (Å²) in [6.45, 7) is 1.47. The zero-order valence-corrected chi connectivity index (χ0v) is 8.50. The van der Waals surface area contributed by atoms with Crippen molar-refractivity contribution in [1.29, 1.82) is 0 Å². The lowest BCUT2D eigenvalue weighted by molar-refractivity contribution is -0.112. The molecule has 0 spiro atoms. The minimum absolute atomic E-state index is 0.0319. The molecule has 0 N–H and O–H groups in total. The van der Waals surface area contributed by atoms with Gasteiger partial charge in [0.25, 0.3) is 0 Å². The summed E-state index contributed by atoms with van der Waals surface area (Å²) >= 11 is 12.5. The molecule has 5 heteroatoms. The molecule has 64 valence electrons. The highest BCUT2D eigenvalue weighted by atomic mass is 35.5. The number of hydrogen-bond acceptors (Lipinski definition) is 3. The van der Waals surface area contributed by atoms with Crippen LogP contribution in [0.4, 0.5) is 0 Å². The number of ketones is 1. The van der Waals surface area contributed by atoms with Crippen molar-refractivity contribution in [3.05, 3.63) is 20.6 Å². The van der Waals surface area contributed by atoms with Gasteiger partial charge in [-0.05, 0) is 19.1 Å². The fraction of sp³-hybridized carbons (Fsp3) is 0.143. The number of carbonyl (C=O) groups is 1. The number of carbonyl (C=O) groups excluding carboxylic acids is 1. The Morgan fingerprint density at radius 1 is 1.58 bits per heavy atom. The van der Waals surface area contributed by atoms with Crippen LogP contribution in [0.2, 0.25) is 9.62 Å². The molecule has 2 nitrogen and oxygen atoms in total. The molecule has 0 unspecified atom stereocenters. The highest BCUT2D eigenvalue weighted by Gasteiger charge is 2.03. The Bertz CT molecular complexity index is 332. The summed E-state index contributed by atoms with van der Waals surface area (Å²) < 4.78 is 0.378. The van der Waals surface area contributed by atoms with Crippen LogP contribution >= 0.6 is 34.5 Å². The molecule has 0 aliphatic carbocycles. The van der Waals surface area contributed by atoms with Crippen molar-refractivity contribution in [2.45, 2.75) is 6.92 Å². The Kier molecular flexibility index (Phi) is 3.26. The van der Waals surface area contributed by atoms with Gasteiger partial charge >= 0.3 is 0 Å². The topological polar surface area (TPSA) is 30.0 Å². The van der Waals surface area contributed by atoms with Crippen molar-refractivity contribution in [2.75, 3.05) is 0 Å². The van der Waals surface area contributed by atoms with Crippen LogP contribution < -0.4 is 0 Å². The van der Waals surface area contributed by atoms with E-state index in [-0.39, 0.29) is 5.78 Å². The number of thiazole rings is 1. The Balaban J connectivity index is 2.89. The number of hydrogen-bond donors (Lipinski definition) is 0. The molecular formula is C7H5Cl2NOS. The smallest absolute Gasteiger partial charge is 0.185 e. The van der Waals surface area contributed by atoms with Crippen LogP contribution in [0.3, 0.4) is 0 Å². The fourth-order valence-corrected chi connectivity index (χ4v) is 1.86. The van der Waals surface area contributed by atoms with Gasteiger partial charge in [0.1, 0.15) is 5.15 Å². The van der Waals surface area contributed by atoms with Crippen molar-refractivity contribution < 1.29 is 4.79 Å². The molecule has 0 aromatic carbocycles. The van der Waals surface area contributed by atoms with E-state index in [9.17, 15) is 4.79 Å². The number of rotatable bonds is 2. The van der Waals surface area contributed by atoms with Crippen molar-refractivity contribution in [1.82, 2.24) is 4.98 Å². The van der Waals surface area contributed by atoms with Crippen LogP contribution in [-0.4, -0.2) is 10.8 Å². The molecule has 0 atom stereocenters. The van der Waals surface area contributed by atoms with Crippen LogP contribution in [0, 0.1) is 0 Å². The quantitative estimate of drug-likeness (QED) is 0.719. The van der Waals surface area contributed by atoms with Gasteiger partial charge in [-0.15, -0.1) is 11.3 Å². The molecule has 12 heavy (non-hydrogen) atoms. The standard InChI is InChI=1S/C7H5Cl2NOS/c1-4(11)2-3-5-6(8)10-7(9)12-5/h2-3H,1H3. The van der Waals surface area contributed by atoms with Gasteiger partial charge in [0.15, 0.2) is 10.3 Å². The molecule has 0 aliphatic rings. The molecule has 1 aromatic heterocycles. The molecule has 1 heterocycles. The second-order valence-electron chi connectivity index (χ2n) is 2.07. The Morgan fingerprint density at radius 3 is 2.67 bits per heavy atom. The summed E-state index contributed by atoms with van der Waals surface area (Å²) in [5.74, 6) is -0.0319. The Hall–Kier alpha value is -0.380. The van der Waals surface area contributed by atoms with E-state index in [4.69, 9.17) is 23.2 Å². The second-order valence-corrected chi connectivity index (χ2v) is 4.04. The monoisotopic (exact) mass is 221 g/mol. The zero-order chi connectivity index (χ0) is 9.14. The van der Waals surface area contributed by atoms with Gasteiger partial charge in [-0.3, -0.25) is 4.79 Å². The van der Waals surface area contributed by atoms with E-state index < -0.39 is 0 Å². The third-order valence-electron chi connectivity index (χ3n) is 1.05. The third-order valence-corrected chi connectivity index (χ3v) is 2.58. The van der Waals surface area contributed by atoms with Crippen molar-refractivity contribution >= 4 is 46.4 Å². The molecule has 0 bridgehead atoms. The van der Waals surface area contributed by atoms with E-state index in [0.29, 0.717) is 14.5 Å². The summed E-state index contributed by atoms with van der Waals surface area (Å²) in [5, 5.41) is 0.336. The molecule has 0 aliphatic heterocycles. The van der Waals surface area contributed by atoms with Crippen LogP contribution in [0.25, 0.3) is 6.08 Å². The lowest BCUT2D eigenvalue weighted by Crippen LogP contribution is -1.78. The third kappa shape index (κ3) is 2.59. The van der Waals surface area contributed by atoms with Gasteiger partial charge < -0.3 is 0 Å². The second kappa shape index (κ2) is 4.03. The highest BCUT2D eigenvalue weighted by molar-refractivity contribution is 7.17. The van der Waals surface area contributed by atoms with E-state index in [1.807, 2.05) is 0 Å². The highest BCUT2D eigenvalue weighted by Crippen LogP contribution is 2.27. The Morgan fingerprint density at radius 2 is 2.25 bits per heavy atom. The van der Waals surface area contributed by atoms with Gasteiger partial charge in [-0.1, -0.05) is 23.2 Å². The molecule has 0 saturated heterocycles. The van der Waals surface area contributed by atoms with Gasteiger partial charge in [0, 0.05) is 0 Å². The summed E-state index contributed by atoms with van der Waals surface area (Å²) in [6, 6.07) is 0. The minimum atomic E-state index is -0.0319. The lowest BCUT2D eigenvalue weighted by atomic mass is 10.4. The number of aromatic nitrogens is 1. The lowest BCUT2D eigenvalue weighted by Gasteiger charge is -1.82. The van der Waals surface area contributed by atoms with E-state index in [1.165, 1.54) is 24.3 Å². The largest absolute Gasteiger partial charge is 0.295 e. The first-order valence-corrected chi connectivity index (χ1v) is 4.67. The van der Waals surface area contributed by atoms with Gasteiger partial charge in [0.2, 0.25) is 0 Å². The fourth-order valence-electron chi connectivity index (χ4n) is 0.584. The maximum absolute atomic E-state index is 10.6. The average Bonchev–Trinajstić information content (AvgIpc) is 2.26. The molecular weight excluding hydrogens is 217 g/mol. The van der Waals surface area contributed by atoms with E-state index in [2.05, 4.69) is 4.98 Å². The van der Waals surface area contributed by atoms with E-state index in [0.717, 1.165) is 0 Å². The summed E-state index contributed by atoms with van der Waals surface area (Å²) in [4.78, 5) is 15.0. The number of halogens is 2. The van der Waals surface area contributed by atoms with Crippen molar-refractivity contribution in [3.63, 3.8) is 0 Å². The predicted molar refractivity (Wildman–Crippen MR) is 51.8 cm³/mol. The molecule has 0 amide bonds. The van der Waals surface area contributed by atoms with Crippen LogP contribution in [0.5, 0.6) is 0 Å². The van der Waals surface area contributed by atoms with E-state index >= 15 is 0 Å². The zero-order valence-electron chi connectivity index (χ0n) is 6.17. The first kappa shape index (κ1) is 9.71. The SMILES string of the molecule is CC(=O)C=Cc1sc(Cl)nc1Cl. The summed E-state index contributed by atoms with van der Waals surface area (Å²) in [6.07, 6.45) is 3.03. The van der Waals surface area contributed by atoms with Crippen LogP contribution in [0.15, 0.2) is 6.08 Å².